The molecule has 1 aromatic heterocycles. The van der Waals surface area contributed by atoms with Crippen molar-refractivity contribution in [3.8, 4) is 0 Å². The van der Waals surface area contributed by atoms with Crippen LogP contribution in [0.4, 0.5) is 8.78 Å². The molecule has 0 unspecified atom stereocenters. The molecule has 1 atom stereocenters. The highest BCUT2D eigenvalue weighted by Gasteiger charge is 2.16. The lowest BCUT2D eigenvalue weighted by Crippen LogP contribution is -2.31. The molecule has 0 aliphatic heterocycles. The molecule has 0 aliphatic carbocycles. The summed E-state index contributed by atoms with van der Waals surface area (Å²) in [5.74, 6) is -2.77. The van der Waals surface area contributed by atoms with Gasteiger partial charge in [-0.1, -0.05) is 6.07 Å². The molecule has 0 fully saturated rings. The van der Waals surface area contributed by atoms with Gasteiger partial charge in [-0.3, -0.25) is 4.79 Å². The van der Waals surface area contributed by atoms with Gasteiger partial charge in [-0.05, 0) is 45.0 Å². The second kappa shape index (κ2) is 8.30. The average Bonchev–Trinajstić information content (AvgIpc) is 2.66. The van der Waals surface area contributed by atoms with E-state index < -0.39 is 36.2 Å². The fourth-order valence-electron chi connectivity index (χ4n) is 2.79. The number of rotatable bonds is 5. The Morgan fingerprint density at radius 3 is 2.41 bits per heavy atom. The molecule has 0 saturated carbocycles. The van der Waals surface area contributed by atoms with Gasteiger partial charge in [0.1, 0.15) is 11.6 Å². The van der Waals surface area contributed by atoms with E-state index in [9.17, 15) is 18.4 Å². The molecule has 3 aromatic rings. The summed E-state index contributed by atoms with van der Waals surface area (Å²) in [6.07, 6.45) is 0. The van der Waals surface area contributed by atoms with Crippen LogP contribution in [-0.4, -0.2) is 28.5 Å². The van der Waals surface area contributed by atoms with Gasteiger partial charge >= 0.3 is 5.97 Å². The summed E-state index contributed by atoms with van der Waals surface area (Å²) in [5.41, 5.74) is 3.12. The molecule has 1 amide bonds. The third-order valence-electron chi connectivity index (χ3n) is 4.45. The van der Waals surface area contributed by atoms with Crippen molar-refractivity contribution in [2.24, 2.45) is 0 Å². The van der Waals surface area contributed by atoms with E-state index in [1.807, 2.05) is 13.8 Å². The van der Waals surface area contributed by atoms with Crippen molar-refractivity contribution in [1.82, 2.24) is 15.3 Å². The van der Waals surface area contributed by atoms with E-state index in [0.29, 0.717) is 11.0 Å². The van der Waals surface area contributed by atoms with Gasteiger partial charge in [0, 0.05) is 11.6 Å². The maximum Gasteiger partial charge on any atom is 0.338 e. The number of carbonyl (C=O) groups excluding carboxylic acids is 2. The number of ether oxygens (including phenoxy) is 1. The van der Waals surface area contributed by atoms with Crippen LogP contribution in [0.15, 0.2) is 36.4 Å². The summed E-state index contributed by atoms with van der Waals surface area (Å²) in [6.45, 7) is 4.68. The summed E-state index contributed by atoms with van der Waals surface area (Å²) >= 11 is 0. The van der Waals surface area contributed by atoms with Crippen molar-refractivity contribution in [3.05, 3.63) is 70.5 Å². The van der Waals surface area contributed by atoms with Gasteiger partial charge in [0.2, 0.25) is 0 Å². The van der Waals surface area contributed by atoms with Gasteiger partial charge in [0.15, 0.2) is 6.61 Å². The number of benzene rings is 2. The Kier molecular flexibility index (Phi) is 5.81. The van der Waals surface area contributed by atoms with E-state index in [1.165, 1.54) is 6.07 Å². The number of nitrogens with one attached hydrogen (secondary N) is 1. The Morgan fingerprint density at radius 2 is 1.72 bits per heavy atom. The van der Waals surface area contributed by atoms with Crippen molar-refractivity contribution < 1.29 is 23.1 Å². The minimum atomic E-state index is -0.766. The minimum absolute atomic E-state index is 0.129. The van der Waals surface area contributed by atoms with Crippen LogP contribution in [0, 0.1) is 25.5 Å². The third kappa shape index (κ3) is 4.71. The molecular formula is C21H19F2N3O3. The number of nitrogens with zero attached hydrogens (tertiary/aromatic N) is 2. The molecule has 1 heterocycles. The predicted octanol–water partition coefficient (Wildman–Crippen LogP) is 3.56. The summed E-state index contributed by atoms with van der Waals surface area (Å²) in [5, 5.41) is 2.51. The first-order chi connectivity index (χ1) is 13.7. The van der Waals surface area contributed by atoms with Crippen LogP contribution in [0.25, 0.3) is 11.0 Å². The van der Waals surface area contributed by atoms with Gasteiger partial charge in [-0.25, -0.2) is 23.5 Å². The van der Waals surface area contributed by atoms with Crippen LogP contribution in [0.3, 0.4) is 0 Å². The number of aryl methyl sites for hydroxylation is 2. The highest BCUT2D eigenvalue weighted by atomic mass is 19.1. The van der Waals surface area contributed by atoms with E-state index in [2.05, 4.69) is 15.3 Å². The quantitative estimate of drug-likeness (QED) is 0.664. The molecule has 0 saturated heterocycles. The molecule has 29 heavy (non-hydrogen) atoms. The van der Waals surface area contributed by atoms with Crippen LogP contribution >= 0.6 is 0 Å². The van der Waals surface area contributed by atoms with E-state index in [4.69, 9.17) is 4.74 Å². The van der Waals surface area contributed by atoms with Crippen molar-refractivity contribution in [2.45, 2.75) is 26.8 Å². The monoisotopic (exact) mass is 399 g/mol. The molecule has 0 bridgehead atoms. The lowest BCUT2D eigenvalue weighted by Gasteiger charge is -2.15. The van der Waals surface area contributed by atoms with Gasteiger partial charge in [-0.2, -0.15) is 0 Å². The fourth-order valence-corrected chi connectivity index (χ4v) is 2.79. The maximum atomic E-state index is 13.8. The molecule has 3 rings (SSSR count). The van der Waals surface area contributed by atoms with E-state index in [-0.39, 0.29) is 11.1 Å². The molecule has 150 valence electrons. The first kappa shape index (κ1) is 20.3. The van der Waals surface area contributed by atoms with E-state index in [0.717, 1.165) is 23.5 Å². The molecular weight excluding hydrogens is 380 g/mol. The van der Waals surface area contributed by atoms with Crippen LogP contribution in [0.1, 0.15) is 40.3 Å². The SMILES string of the molecule is Cc1nc2ccc(C(=O)OCC(=O)N[C@H](C)c3ccc(F)cc3F)cc2nc1C. The van der Waals surface area contributed by atoms with Crippen LogP contribution < -0.4 is 5.32 Å². The summed E-state index contributed by atoms with van der Waals surface area (Å²) in [6, 6.07) is 7.13. The molecule has 0 aliphatic rings. The fraction of sp³-hybridized carbons (Fsp3) is 0.238. The zero-order chi connectivity index (χ0) is 21.1. The van der Waals surface area contributed by atoms with Crippen LogP contribution in [-0.2, 0) is 9.53 Å². The third-order valence-corrected chi connectivity index (χ3v) is 4.45. The lowest BCUT2D eigenvalue weighted by atomic mass is 10.1. The zero-order valence-electron chi connectivity index (χ0n) is 16.1. The first-order valence-electron chi connectivity index (χ1n) is 8.91. The Bertz CT molecular complexity index is 1100. The standard InChI is InChI=1S/C21H19F2N3O3/c1-11-12(2)25-19-8-14(4-7-18(19)24-11)21(28)29-10-20(27)26-13(3)16-6-5-15(22)9-17(16)23/h4-9,13H,10H2,1-3H3,(H,26,27)/t13-/m1/s1. The number of aromatic nitrogens is 2. The van der Waals surface area contributed by atoms with Crippen molar-refractivity contribution in [1.29, 1.82) is 0 Å². The molecule has 2 aromatic carbocycles. The van der Waals surface area contributed by atoms with Crippen LogP contribution in [0.5, 0.6) is 0 Å². The number of halogens is 2. The van der Waals surface area contributed by atoms with Crippen molar-refractivity contribution in [2.75, 3.05) is 6.61 Å². The van der Waals surface area contributed by atoms with Gasteiger partial charge in [0.25, 0.3) is 5.91 Å². The molecule has 0 radical (unpaired) electrons. The van der Waals surface area contributed by atoms with E-state index in [1.54, 1.807) is 25.1 Å². The number of esters is 1. The molecule has 8 heteroatoms. The second-order valence-corrected chi connectivity index (χ2v) is 6.63. The van der Waals surface area contributed by atoms with Gasteiger partial charge < -0.3 is 10.1 Å². The smallest absolute Gasteiger partial charge is 0.338 e. The highest BCUT2D eigenvalue weighted by Crippen LogP contribution is 2.18. The normalized spacial score (nSPS) is 11.9. The Labute approximate surface area is 165 Å². The highest BCUT2D eigenvalue weighted by molar-refractivity contribution is 5.94. The average molecular weight is 399 g/mol. The number of hydrogen-bond acceptors (Lipinski definition) is 5. The topological polar surface area (TPSA) is 81.2 Å². The summed E-state index contributed by atoms with van der Waals surface area (Å²) in [7, 11) is 0. The largest absolute Gasteiger partial charge is 0.452 e. The number of hydrogen-bond donors (Lipinski definition) is 1. The molecule has 1 N–H and O–H groups in total. The summed E-state index contributed by atoms with van der Waals surface area (Å²) < 4.78 is 31.8. The zero-order valence-corrected chi connectivity index (χ0v) is 16.1. The number of amides is 1. The van der Waals surface area contributed by atoms with Crippen LogP contribution in [0.2, 0.25) is 0 Å². The number of carbonyl (C=O) groups is 2. The second-order valence-electron chi connectivity index (χ2n) is 6.63. The minimum Gasteiger partial charge on any atom is -0.452 e. The molecule has 0 spiro atoms. The summed E-state index contributed by atoms with van der Waals surface area (Å²) in [4.78, 5) is 33.0. The Hall–Kier alpha value is -3.42. The Morgan fingerprint density at radius 1 is 1.03 bits per heavy atom. The lowest BCUT2D eigenvalue weighted by molar-refractivity contribution is -0.124. The molecule has 6 nitrogen and oxygen atoms in total. The van der Waals surface area contributed by atoms with Gasteiger partial charge in [-0.15, -0.1) is 0 Å². The first-order valence-corrected chi connectivity index (χ1v) is 8.91. The maximum absolute atomic E-state index is 13.8. The van der Waals surface area contributed by atoms with E-state index >= 15 is 0 Å². The van der Waals surface area contributed by atoms with Gasteiger partial charge in [0.05, 0.1) is 34.0 Å². The Balaban J connectivity index is 1.61. The van der Waals surface area contributed by atoms with Crippen molar-refractivity contribution in [3.63, 3.8) is 0 Å². The number of fused-ring (bicyclic) bond motifs is 1. The van der Waals surface area contributed by atoms with Crippen molar-refractivity contribution >= 4 is 22.9 Å². The predicted molar refractivity (Wildman–Crippen MR) is 102 cm³/mol.